The van der Waals surface area contributed by atoms with E-state index >= 15 is 0 Å². The van der Waals surface area contributed by atoms with E-state index in [1.165, 1.54) is 0 Å². The molecule has 0 atom stereocenters. The molecular weight excluding hydrogens is 353 g/mol. The number of carbonyl (C=O) groups excluding carboxylic acids is 1. The first-order valence-corrected chi connectivity index (χ1v) is 8.36. The van der Waals surface area contributed by atoms with E-state index in [1.807, 2.05) is 0 Å². The smallest absolute Gasteiger partial charge is 0.339 e. The molecule has 1 aliphatic rings. The number of sulfonamides is 1. The van der Waals surface area contributed by atoms with Crippen LogP contribution in [-0.2, 0) is 14.8 Å². The molecule has 110 valence electrons. The van der Waals surface area contributed by atoms with Gasteiger partial charge >= 0.3 is 5.97 Å². The van der Waals surface area contributed by atoms with Crippen molar-refractivity contribution in [3.63, 3.8) is 0 Å². The second-order valence-electron chi connectivity index (χ2n) is 4.62. The molecule has 0 aliphatic heterocycles. The van der Waals surface area contributed by atoms with Crippen LogP contribution in [-0.4, -0.2) is 20.5 Å². The zero-order valence-electron chi connectivity index (χ0n) is 10.4. The summed E-state index contributed by atoms with van der Waals surface area (Å²) in [7, 11) is -4.24. The first kappa shape index (κ1) is 15.4. The normalized spacial score (nSPS) is 16.4. The highest BCUT2D eigenvalue weighted by Crippen LogP contribution is 2.27. The zero-order valence-corrected chi connectivity index (χ0v) is 12.8. The molecule has 0 radical (unpaired) electrons. The van der Waals surface area contributed by atoms with Crippen molar-refractivity contribution in [1.29, 1.82) is 0 Å². The van der Waals surface area contributed by atoms with Gasteiger partial charge in [0, 0.05) is 4.47 Å². The monoisotopic (exact) mass is 365 g/mol. The molecule has 2 rings (SSSR count). The van der Waals surface area contributed by atoms with E-state index in [2.05, 4.69) is 15.9 Å². The number of halogens is 2. The van der Waals surface area contributed by atoms with E-state index in [4.69, 9.17) is 9.88 Å². The molecule has 0 heterocycles. The number of esters is 1. The number of hydrogen-bond donors (Lipinski definition) is 1. The van der Waals surface area contributed by atoms with E-state index in [9.17, 15) is 17.6 Å². The molecule has 1 aromatic carbocycles. The van der Waals surface area contributed by atoms with Gasteiger partial charge in [-0.05, 0) is 53.7 Å². The minimum atomic E-state index is -4.24. The van der Waals surface area contributed by atoms with Gasteiger partial charge in [-0.15, -0.1) is 0 Å². The van der Waals surface area contributed by atoms with E-state index < -0.39 is 26.7 Å². The van der Waals surface area contributed by atoms with Gasteiger partial charge in [0.05, 0.1) is 5.56 Å². The Bertz CT molecular complexity index is 641. The second-order valence-corrected chi connectivity index (χ2v) is 7.00. The molecule has 0 bridgehead atoms. The summed E-state index contributed by atoms with van der Waals surface area (Å²) in [5.74, 6) is -1.70. The summed E-state index contributed by atoms with van der Waals surface area (Å²) < 4.78 is 41.5. The standard InChI is InChI=1S/C12H13BrFNO4S/c13-9-6-10(14)11(20(15,17)18)5-8(9)12(16)19-7-3-1-2-4-7/h5-7H,1-4H2,(H2,15,17,18). The van der Waals surface area contributed by atoms with Crippen LogP contribution in [0.3, 0.4) is 0 Å². The van der Waals surface area contributed by atoms with Crippen molar-refractivity contribution in [3.05, 3.63) is 28.0 Å². The fraction of sp³-hybridized carbons (Fsp3) is 0.417. The fourth-order valence-corrected chi connectivity index (χ4v) is 3.21. The van der Waals surface area contributed by atoms with Crippen LogP contribution in [0.5, 0.6) is 0 Å². The van der Waals surface area contributed by atoms with Crippen LogP contribution in [0.4, 0.5) is 4.39 Å². The summed E-state index contributed by atoms with van der Waals surface area (Å²) in [6, 6.07) is 1.79. The lowest BCUT2D eigenvalue weighted by Gasteiger charge is -2.13. The molecule has 20 heavy (non-hydrogen) atoms. The molecular formula is C12H13BrFNO4S. The fourth-order valence-electron chi connectivity index (χ4n) is 2.12. The molecule has 1 fully saturated rings. The number of benzene rings is 1. The summed E-state index contributed by atoms with van der Waals surface area (Å²) in [6.07, 6.45) is 3.38. The maximum Gasteiger partial charge on any atom is 0.339 e. The average Bonchev–Trinajstić information content (AvgIpc) is 2.79. The van der Waals surface area contributed by atoms with Crippen LogP contribution in [0.2, 0.25) is 0 Å². The van der Waals surface area contributed by atoms with Gasteiger partial charge in [0.1, 0.15) is 16.8 Å². The lowest BCUT2D eigenvalue weighted by molar-refractivity contribution is 0.0316. The summed E-state index contributed by atoms with van der Waals surface area (Å²) in [5.41, 5.74) is -0.0534. The van der Waals surface area contributed by atoms with Crippen LogP contribution < -0.4 is 5.14 Å². The van der Waals surface area contributed by atoms with Crippen molar-refractivity contribution in [2.45, 2.75) is 36.7 Å². The SMILES string of the molecule is NS(=O)(=O)c1cc(C(=O)OC2CCCC2)c(Br)cc1F. The molecule has 0 saturated heterocycles. The lowest BCUT2D eigenvalue weighted by atomic mass is 10.2. The van der Waals surface area contributed by atoms with Crippen molar-refractivity contribution < 1.29 is 22.3 Å². The maximum atomic E-state index is 13.6. The molecule has 0 aromatic heterocycles. The van der Waals surface area contributed by atoms with Crippen molar-refractivity contribution in [2.24, 2.45) is 5.14 Å². The Kier molecular flexibility index (Phi) is 4.46. The quantitative estimate of drug-likeness (QED) is 0.832. The predicted molar refractivity (Wildman–Crippen MR) is 73.1 cm³/mol. The van der Waals surface area contributed by atoms with Crippen LogP contribution in [0.25, 0.3) is 0 Å². The summed E-state index contributed by atoms with van der Waals surface area (Å²) >= 11 is 3.02. The van der Waals surface area contributed by atoms with Gasteiger partial charge in [0.2, 0.25) is 10.0 Å². The first-order chi connectivity index (χ1) is 9.29. The number of ether oxygens (including phenoxy) is 1. The Balaban J connectivity index is 2.33. The number of primary sulfonamides is 1. The van der Waals surface area contributed by atoms with Gasteiger partial charge in [0.15, 0.2) is 0 Å². The van der Waals surface area contributed by atoms with Crippen LogP contribution >= 0.6 is 15.9 Å². The van der Waals surface area contributed by atoms with Gasteiger partial charge in [-0.25, -0.2) is 22.7 Å². The van der Waals surface area contributed by atoms with E-state index in [0.717, 1.165) is 37.8 Å². The predicted octanol–water partition coefficient (Wildman–Crippen LogP) is 2.34. The Labute approximate surface area is 124 Å². The second kappa shape index (κ2) is 5.79. The minimum Gasteiger partial charge on any atom is -0.459 e. The maximum absolute atomic E-state index is 13.6. The third-order valence-electron chi connectivity index (χ3n) is 3.12. The van der Waals surface area contributed by atoms with E-state index in [0.29, 0.717) is 0 Å². The van der Waals surface area contributed by atoms with E-state index in [-0.39, 0.29) is 16.1 Å². The van der Waals surface area contributed by atoms with Crippen LogP contribution in [0.1, 0.15) is 36.0 Å². The van der Waals surface area contributed by atoms with Crippen LogP contribution in [0.15, 0.2) is 21.5 Å². The number of rotatable bonds is 3. The Morgan fingerprint density at radius 3 is 2.50 bits per heavy atom. The molecule has 5 nitrogen and oxygen atoms in total. The molecule has 0 amide bonds. The Morgan fingerprint density at radius 2 is 1.95 bits per heavy atom. The van der Waals surface area contributed by atoms with Crippen molar-refractivity contribution in [2.75, 3.05) is 0 Å². The van der Waals surface area contributed by atoms with Gasteiger partial charge in [0.25, 0.3) is 0 Å². The van der Waals surface area contributed by atoms with Crippen molar-refractivity contribution in [1.82, 2.24) is 0 Å². The molecule has 1 saturated carbocycles. The highest BCUT2D eigenvalue weighted by atomic mass is 79.9. The van der Waals surface area contributed by atoms with Gasteiger partial charge in [-0.3, -0.25) is 0 Å². The first-order valence-electron chi connectivity index (χ1n) is 6.02. The number of hydrogen-bond acceptors (Lipinski definition) is 4. The van der Waals surface area contributed by atoms with Crippen molar-refractivity contribution in [3.8, 4) is 0 Å². The zero-order chi connectivity index (χ0) is 14.9. The highest BCUT2D eigenvalue weighted by Gasteiger charge is 2.24. The highest BCUT2D eigenvalue weighted by molar-refractivity contribution is 9.10. The topological polar surface area (TPSA) is 86.5 Å². The largest absolute Gasteiger partial charge is 0.459 e. The van der Waals surface area contributed by atoms with Crippen LogP contribution in [0, 0.1) is 5.82 Å². The van der Waals surface area contributed by atoms with Gasteiger partial charge in [-0.1, -0.05) is 0 Å². The molecule has 1 aromatic rings. The molecule has 8 heteroatoms. The third-order valence-corrected chi connectivity index (χ3v) is 4.71. The number of carbonyl (C=O) groups is 1. The summed E-state index contributed by atoms with van der Waals surface area (Å²) in [4.78, 5) is 11.3. The summed E-state index contributed by atoms with van der Waals surface area (Å²) in [5, 5.41) is 4.91. The molecule has 2 N–H and O–H groups in total. The van der Waals surface area contributed by atoms with Gasteiger partial charge in [-0.2, -0.15) is 0 Å². The minimum absolute atomic E-state index is 0.0534. The van der Waals surface area contributed by atoms with Crippen molar-refractivity contribution >= 4 is 31.9 Å². The number of nitrogens with two attached hydrogens (primary N) is 1. The summed E-state index contributed by atoms with van der Waals surface area (Å²) in [6.45, 7) is 0. The molecule has 1 aliphatic carbocycles. The average molecular weight is 366 g/mol. The third kappa shape index (κ3) is 3.36. The lowest BCUT2D eigenvalue weighted by Crippen LogP contribution is -2.18. The molecule has 0 unspecified atom stereocenters. The Morgan fingerprint density at radius 1 is 1.35 bits per heavy atom. The van der Waals surface area contributed by atoms with Gasteiger partial charge < -0.3 is 4.74 Å². The molecule has 0 spiro atoms. The van der Waals surface area contributed by atoms with E-state index in [1.54, 1.807) is 0 Å². The Hall–Kier alpha value is -0.990.